The molecule has 152 valence electrons. The zero-order valence-corrected chi connectivity index (χ0v) is 17.8. The van der Waals surface area contributed by atoms with Gasteiger partial charge in [-0.25, -0.2) is 0 Å². The van der Waals surface area contributed by atoms with Gasteiger partial charge in [0, 0.05) is 61.0 Å². The van der Waals surface area contributed by atoms with Crippen molar-refractivity contribution in [1.29, 1.82) is 0 Å². The van der Waals surface area contributed by atoms with Gasteiger partial charge in [-0.1, -0.05) is 6.07 Å². The van der Waals surface area contributed by atoms with Gasteiger partial charge in [-0.05, 0) is 62.6 Å². The van der Waals surface area contributed by atoms with Crippen LogP contribution < -0.4 is 4.90 Å². The molecule has 4 rings (SSSR count). The van der Waals surface area contributed by atoms with Gasteiger partial charge in [-0.3, -0.25) is 9.69 Å². The summed E-state index contributed by atoms with van der Waals surface area (Å²) in [5.41, 5.74) is 1.39. The monoisotopic (exact) mass is 400 g/mol. The summed E-state index contributed by atoms with van der Waals surface area (Å²) in [5.74, 6) is 0.643. The second-order valence-electron chi connectivity index (χ2n) is 8.25. The topological polar surface area (TPSA) is 32.8 Å². The summed E-state index contributed by atoms with van der Waals surface area (Å²) >= 11 is 1.83. The molecule has 0 radical (unpaired) electrons. The third-order valence-electron chi connectivity index (χ3n) is 6.41. The summed E-state index contributed by atoms with van der Waals surface area (Å²) in [5, 5.41) is 3.59. The molecule has 1 aromatic heterocycles. The zero-order chi connectivity index (χ0) is 19.3. The molecule has 2 aromatic rings. The number of rotatable bonds is 7. The predicted octanol–water partition coefficient (Wildman–Crippen LogP) is 4.58. The molecule has 1 saturated carbocycles. The minimum atomic E-state index is 0.288. The SMILES string of the molecule is CC(=O)C1CCC(OCCCN2CCN(c3cccc4sccc34)CC2)CC1. The van der Waals surface area contributed by atoms with E-state index in [1.54, 1.807) is 6.92 Å². The van der Waals surface area contributed by atoms with Crippen LogP contribution in [0.4, 0.5) is 5.69 Å². The molecule has 1 aliphatic carbocycles. The Morgan fingerprint density at radius 2 is 1.89 bits per heavy atom. The van der Waals surface area contributed by atoms with Crippen molar-refractivity contribution in [2.45, 2.75) is 45.1 Å². The lowest BCUT2D eigenvalue weighted by Gasteiger charge is -2.36. The van der Waals surface area contributed by atoms with Crippen LogP contribution in [0.2, 0.25) is 0 Å². The fourth-order valence-electron chi connectivity index (χ4n) is 4.64. The number of hydrogen-bond acceptors (Lipinski definition) is 5. The molecule has 0 unspecified atom stereocenters. The van der Waals surface area contributed by atoms with Gasteiger partial charge < -0.3 is 9.64 Å². The number of ketones is 1. The molecule has 0 amide bonds. The van der Waals surface area contributed by atoms with Gasteiger partial charge in [0.1, 0.15) is 5.78 Å². The van der Waals surface area contributed by atoms with Crippen molar-refractivity contribution in [3.8, 4) is 0 Å². The van der Waals surface area contributed by atoms with Crippen molar-refractivity contribution in [3.63, 3.8) is 0 Å². The first-order valence-corrected chi connectivity index (χ1v) is 11.6. The second-order valence-corrected chi connectivity index (χ2v) is 9.19. The average Bonchev–Trinajstić information content (AvgIpc) is 3.21. The molecular weight excluding hydrogens is 368 g/mol. The Morgan fingerprint density at radius 3 is 2.64 bits per heavy atom. The van der Waals surface area contributed by atoms with E-state index in [0.29, 0.717) is 11.9 Å². The van der Waals surface area contributed by atoms with Gasteiger partial charge in [-0.2, -0.15) is 0 Å². The normalized spacial score (nSPS) is 24.0. The molecule has 5 heteroatoms. The number of piperazine rings is 1. The van der Waals surface area contributed by atoms with Crippen LogP contribution in [-0.4, -0.2) is 56.1 Å². The Labute approximate surface area is 172 Å². The molecular formula is C23H32N2O2S. The van der Waals surface area contributed by atoms with E-state index in [0.717, 1.165) is 71.4 Å². The summed E-state index contributed by atoms with van der Waals surface area (Å²) in [4.78, 5) is 16.6. The highest BCUT2D eigenvalue weighted by Crippen LogP contribution is 2.31. The molecule has 4 nitrogen and oxygen atoms in total. The number of hydrogen-bond donors (Lipinski definition) is 0. The number of anilines is 1. The van der Waals surface area contributed by atoms with Crippen molar-refractivity contribution in [2.24, 2.45) is 5.92 Å². The molecule has 2 heterocycles. The Hall–Kier alpha value is -1.43. The number of fused-ring (bicyclic) bond motifs is 1. The van der Waals surface area contributed by atoms with Crippen LogP contribution in [0.5, 0.6) is 0 Å². The van der Waals surface area contributed by atoms with Crippen molar-refractivity contribution in [2.75, 3.05) is 44.2 Å². The highest BCUT2D eigenvalue weighted by molar-refractivity contribution is 7.17. The van der Waals surface area contributed by atoms with Gasteiger partial charge in [0.15, 0.2) is 0 Å². The molecule has 1 aromatic carbocycles. The Kier molecular flexibility index (Phi) is 6.65. The molecule has 2 fully saturated rings. The number of ether oxygens (including phenoxy) is 1. The molecule has 1 aliphatic heterocycles. The minimum Gasteiger partial charge on any atom is -0.378 e. The average molecular weight is 401 g/mol. The largest absolute Gasteiger partial charge is 0.378 e. The molecule has 0 bridgehead atoms. The fourth-order valence-corrected chi connectivity index (χ4v) is 5.45. The first kappa shape index (κ1) is 19.9. The van der Waals surface area contributed by atoms with Crippen molar-refractivity contribution in [1.82, 2.24) is 4.90 Å². The Balaban J connectivity index is 1.15. The molecule has 0 N–H and O–H groups in total. The summed E-state index contributed by atoms with van der Waals surface area (Å²) in [6, 6.07) is 8.91. The van der Waals surface area contributed by atoms with E-state index in [2.05, 4.69) is 39.4 Å². The first-order valence-electron chi connectivity index (χ1n) is 10.8. The Bertz CT molecular complexity index is 774. The lowest BCUT2D eigenvalue weighted by Crippen LogP contribution is -2.46. The van der Waals surface area contributed by atoms with Gasteiger partial charge in [0.05, 0.1) is 6.10 Å². The third kappa shape index (κ3) is 4.76. The third-order valence-corrected chi connectivity index (χ3v) is 7.29. The van der Waals surface area contributed by atoms with Crippen molar-refractivity contribution >= 4 is 32.9 Å². The van der Waals surface area contributed by atoms with E-state index < -0.39 is 0 Å². The zero-order valence-electron chi connectivity index (χ0n) is 16.9. The highest BCUT2D eigenvalue weighted by Gasteiger charge is 2.24. The summed E-state index contributed by atoms with van der Waals surface area (Å²) < 4.78 is 7.47. The van der Waals surface area contributed by atoms with Gasteiger partial charge in [0.25, 0.3) is 0 Å². The number of carbonyl (C=O) groups is 1. The van der Waals surface area contributed by atoms with Crippen LogP contribution in [0, 0.1) is 5.92 Å². The molecule has 28 heavy (non-hydrogen) atoms. The maximum Gasteiger partial charge on any atom is 0.132 e. The molecule has 1 saturated heterocycles. The van der Waals surface area contributed by atoms with Crippen LogP contribution in [0.1, 0.15) is 39.0 Å². The molecule has 0 atom stereocenters. The number of nitrogens with zero attached hydrogens (tertiary/aromatic N) is 2. The number of carbonyl (C=O) groups excluding carboxylic acids is 1. The number of thiophene rings is 1. The van der Waals surface area contributed by atoms with E-state index in [-0.39, 0.29) is 5.92 Å². The quantitative estimate of drug-likeness (QED) is 0.637. The van der Waals surface area contributed by atoms with Gasteiger partial charge in [-0.15, -0.1) is 11.3 Å². The summed E-state index contributed by atoms with van der Waals surface area (Å²) in [6.45, 7) is 8.17. The van der Waals surface area contributed by atoms with Gasteiger partial charge in [0.2, 0.25) is 0 Å². The highest BCUT2D eigenvalue weighted by atomic mass is 32.1. The second kappa shape index (κ2) is 9.38. The summed E-state index contributed by atoms with van der Waals surface area (Å²) in [7, 11) is 0. The van der Waals surface area contributed by atoms with Crippen LogP contribution in [0.25, 0.3) is 10.1 Å². The smallest absolute Gasteiger partial charge is 0.132 e. The number of Topliss-reactive ketones (excluding diaryl/α,β-unsaturated/α-hetero) is 1. The minimum absolute atomic E-state index is 0.288. The molecule has 0 spiro atoms. The lowest BCUT2D eigenvalue weighted by molar-refractivity contribution is -0.122. The van der Waals surface area contributed by atoms with E-state index in [1.165, 1.54) is 15.8 Å². The summed E-state index contributed by atoms with van der Waals surface area (Å²) in [6.07, 6.45) is 5.61. The predicted molar refractivity (Wildman–Crippen MR) is 117 cm³/mol. The molecule has 2 aliphatic rings. The van der Waals surface area contributed by atoms with Crippen molar-refractivity contribution in [3.05, 3.63) is 29.6 Å². The van der Waals surface area contributed by atoms with E-state index in [1.807, 2.05) is 11.3 Å². The Morgan fingerprint density at radius 1 is 1.11 bits per heavy atom. The van der Waals surface area contributed by atoms with E-state index in [4.69, 9.17) is 4.74 Å². The van der Waals surface area contributed by atoms with E-state index in [9.17, 15) is 4.79 Å². The number of benzene rings is 1. The maximum atomic E-state index is 11.5. The van der Waals surface area contributed by atoms with Gasteiger partial charge >= 0.3 is 0 Å². The van der Waals surface area contributed by atoms with Crippen LogP contribution in [0.3, 0.4) is 0 Å². The van der Waals surface area contributed by atoms with E-state index >= 15 is 0 Å². The lowest BCUT2D eigenvalue weighted by atomic mass is 9.85. The standard InChI is InChI=1S/C23H32N2O2S/c1-18(26)19-6-8-20(9-7-19)27-16-3-11-24-12-14-25(15-13-24)22-4-2-5-23-21(22)10-17-28-23/h2,4-5,10,17,19-20H,3,6-9,11-16H2,1H3. The van der Waals surface area contributed by atoms with Crippen LogP contribution in [0.15, 0.2) is 29.6 Å². The maximum absolute atomic E-state index is 11.5. The van der Waals surface area contributed by atoms with Crippen molar-refractivity contribution < 1.29 is 9.53 Å². The fraction of sp³-hybridized carbons (Fsp3) is 0.609. The van der Waals surface area contributed by atoms with Crippen LogP contribution in [-0.2, 0) is 9.53 Å². The van der Waals surface area contributed by atoms with Crippen LogP contribution >= 0.6 is 11.3 Å². The first-order chi connectivity index (χ1) is 13.7.